The zero-order valence-corrected chi connectivity index (χ0v) is 10.9. The Morgan fingerprint density at radius 2 is 1.95 bits per heavy atom. The summed E-state index contributed by atoms with van der Waals surface area (Å²) in [5.41, 5.74) is 2.79. The van der Waals surface area contributed by atoms with Gasteiger partial charge in [0.15, 0.2) is 0 Å². The van der Waals surface area contributed by atoms with Crippen LogP contribution in [0.1, 0.15) is 11.1 Å². The van der Waals surface area contributed by atoms with Gasteiger partial charge in [-0.2, -0.15) is 5.26 Å². The van der Waals surface area contributed by atoms with Gasteiger partial charge in [0.2, 0.25) is 0 Å². The number of hydrogen-bond acceptors (Lipinski definition) is 1. The molecule has 0 fully saturated rings. The van der Waals surface area contributed by atoms with Crippen molar-refractivity contribution in [3.05, 3.63) is 70.9 Å². The average Bonchev–Trinajstić information content (AvgIpc) is 2.84. The van der Waals surface area contributed by atoms with Crippen LogP contribution in [0.15, 0.2) is 54.7 Å². The lowest BCUT2D eigenvalue weighted by atomic mass is 10.1. The zero-order valence-electron chi connectivity index (χ0n) is 10.2. The first-order valence-electron chi connectivity index (χ1n) is 6.00. The Morgan fingerprint density at radius 1 is 1.11 bits per heavy atom. The standard InChI is InChI=1S/C16H11ClN2/c17-15-9-12(10-18)5-6-14(15)11-19-8-7-13-3-1-2-4-16(13)19/h1-9H,11H2. The van der Waals surface area contributed by atoms with Crippen LogP contribution in [-0.4, -0.2) is 4.57 Å². The Bertz CT molecular complexity index is 781. The van der Waals surface area contributed by atoms with Crippen LogP contribution in [0.4, 0.5) is 0 Å². The van der Waals surface area contributed by atoms with Crippen LogP contribution in [0.5, 0.6) is 0 Å². The molecule has 0 atom stereocenters. The first-order valence-corrected chi connectivity index (χ1v) is 6.38. The highest BCUT2D eigenvalue weighted by Gasteiger charge is 2.05. The summed E-state index contributed by atoms with van der Waals surface area (Å²) in [7, 11) is 0. The van der Waals surface area contributed by atoms with E-state index < -0.39 is 0 Å². The molecule has 0 saturated heterocycles. The highest BCUT2D eigenvalue weighted by Crippen LogP contribution is 2.22. The maximum atomic E-state index is 8.84. The summed E-state index contributed by atoms with van der Waals surface area (Å²) in [5, 5.41) is 10.7. The third kappa shape index (κ3) is 2.21. The van der Waals surface area contributed by atoms with Crippen LogP contribution in [0.3, 0.4) is 0 Å². The summed E-state index contributed by atoms with van der Waals surface area (Å²) in [5.74, 6) is 0. The van der Waals surface area contributed by atoms with Gasteiger partial charge < -0.3 is 4.57 Å². The number of nitrogens with zero attached hydrogens (tertiary/aromatic N) is 2. The molecular formula is C16H11ClN2. The molecule has 0 unspecified atom stereocenters. The molecule has 0 saturated carbocycles. The van der Waals surface area contributed by atoms with Crippen LogP contribution in [0, 0.1) is 11.3 Å². The molecule has 2 nitrogen and oxygen atoms in total. The molecule has 3 heteroatoms. The first kappa shape index (κ1) is 11.8. The number of hydrogen-bond donors (Lipinski definition) is 0. The maximum absolute atomic E-state index is 8.84. The van der Waals surface area contributed by atoms with Crippen molar-refractivity contribution in [3.63, 3.8) is 0 Å². The Balaban J connectivity index is 2.00. The number of aromatic nitrogens is 1. The van der Waals surface area contributed by atoms with E-state index in [9.17, 15) is 0 Å². The summed E-state index contributed by atoms with van der Waals surface area (Å²) < 4.78 is 2.16. The smallest absolute Gasteiger partial charge is 0.0992 e. The third-order valence-electron chi connectivity index (χ3n) is 3.20. The van der Waals surface area contributed by atoms with Crippen molar-refractivity contribution in [2.24, 2.45) is 0 Å². The summed E-state index contributed by atoms with van der Waals surface area (Å²) >= 11 is 6.21. The van der Waals surface area contributed by atoms with Crippen LogP contribution in [-0.2, 0) is 6.54 Å². The molecule has 1 heterocycles. The van der Waals surface area contributed by atoms with Gasteiger partial charge in [-0.1, -0.05) is 35.9 Å². The Morgan fingerprint density at radius 3 is 2.74 bits per heavy atom. The molecule has 3 aromatic rings. The number of para-hydroxylation sites is 1. The third-order valence-corrected chi connectivity index (χ3v) is 3.55. The van der Waals surface area contributed by atoms with Crippen LogP contribution < -0.4 is 0 Å². The van der Waals surface area contributed by atoms with Crippen LogP contribution in [0.2, 0.25) is 5.02 Å². The molecule has 0 radical (unpaired) electrons. The molecule has 2 aromatic carbocycles. The van der Waals surface area contributed by atoms with Crippen LogP contribution >= 0.6 is 11.6 Å². The monoisotopic (exact) mass is 266 g/mol. The van der Waals surface area contributed by atoms with E-state index in [0.29, 0.717) is 17.1 Å². The van der Waals surface area contributed by atoms with Gasteiger partial charge in [0.1, 0.15) is 0 Å². The van der Waals surface area contributed by atoms with Crippen molar-refractivity contribution in [2.75, 3.05) is 0 Å². The summed E-state index contributed by atoms with van der Waals surface area (Å²) in [6.07, 6.45) is 2.05. The predicted octanol–water partition coefficient (Wildman–Crippen LogP) is 4.21. The van der Waals surface area contributed by atoms with Gasteiger partial charge in [-0.25, -0.2) is 0 Å². The van der Waals surface area contributed by atoms with E-state index in [1.54, 1.807) is 12.1 Å². The van der Waals surface area contributed by atoms with Crippen molar-refractivity contribution in [2.45, 2.75) is 6.54 Å². The van der Waals surface area contributed by atoms with Gasteiger partial charge in [0, 0.05) is 23.3 Å². The number of nitriles is 1. The van der Waals surface area contributed by atoms with Gasteiger partial charge in [-0.3, -0.25) is 0 Å². The quantitative estimate of drug-likeness (QED) is 0.683. The minimum atomic E-state index is 0.589. The predicted molar refractivity (Wildman–Crippen MR) is 77.2 cm³/mol. The van der Waals surface area contributed by atoms with Crippen LogP contribution in [0.25, 0.3) is 10.9 Å². The summed E-state index contributed by atoms with van der Waals surface area (Å²) in [6, 6.07) is 17.8. The molecule has 0 amide bonds. The van der Waals surface area contributed by atoms with Crippen molar-refractivity contribution < 1.29 is 0 Å². The molecule has 0 aliphatic carbocycles. The lowest BCUT2D eigenvalue weighted by Gasteiger charge is -2.08. The van der Waals surface area contributed by atoms with Gasteiger partial charge in [-0.05, 0) is 35.2 Å². The van der Waals surface area contributed by atoms with E-state index in [-0.39, 0.29) is 0 Å². The normalized spacial score (nSPS) is 10.5. The second-order valence-electron chi connectivity index (χ2n) is 4.42. The van der Waals surface area contributed by atoms with Crippen molar-refractivity contribution >= 4 is 22.5 Å². The Hall–Kier alpha value is -2.24. The van der Waals surface area contributed by atoms with Gasteiger partial charge in [-0.15, -0.1) is 0 Å². The molecule has 92 valence electrons. The Labute approximate surface area is 116 Å². The number of halogens is 1. The van der Waals surface area contributed by atoms with Crippen molar-refractivity contribution in [3.8, 4) is 6.07 Å². The largest absolute Gasteiger partial charge is 0.343 e. The molecule has 3 rings (SSSR count). The molecule has 0 bridgehead atoms. The molecular weight excluding hydrogens is 256 g/mol. The van der Waals surface area contributed by atoms with Gasteiger partial charge in [0.05, 0.1) is 11.6 Å². The highest BCUT2D eigenvalue weighted by molar-refractivity contribution is 6.31. The van der Waals surface area contributed by atoms with E-state index in [2.05, 4.69) is 35.0 Å². The van der Waals surface area contributed by atoms with E-state index in [1.165, 1.54) is 10.9 Å². The van der Waals surface area contributed by atoms with E-state index in [0.717, 1.165) is 5.56 Å². The number of rotatable bonds is 2. The molecule has 0 aliphatic rings. The molecule has 1 aromatic heterocycles. The molecule has 0 aliphatic heterocycles. The fraction of sp³-hybridized carbons (Fsp3) is 0.0625. The summed E-state index contributed by atoms with van der Waals surface area (Å²) in [4.78, 5) is 0. The molecule has 0 spiro atoms. The maximum Gasteiger partial charge on any atom is 0.0992 e. The SMILES string of the molecule is N#Cc1ccc(Cn2ccc3ccccc32)c(Cl)c1. The number of fused-ring (bicyclic) bond motifs is 1. The number of benzene rings is 2. The minimum Gasteiger partial charge on any atom is -0.343 e. The average molecular weight is 267 g/mol. The molecule has 19 heavy (non-hydrogen) atoms. The van der Waals surface area contributed by atoms with Crippen molar-refractivity contribution in [1.82, 2.24) is 4.57 Å². The Kier molecular flexibility index (Phi) is 2.98. The zero-order chi connectivity index (χ0) is 13.2. The van der Waals surface area contributed by atoms with E-state index in [1.807, 2.05) is 18.2 Å². The van der Waals surface area contributed by atoms with Gasteiger partial charge >= 0.3 is 0 Å². The highest BCUT2D eigenvalue weighted by atomic mass is 35.5. The minimum absolute atomic E-state index is 0.589. The van der Waals surface area contributed by atoms with E-state index in [4.69, 9.17) is 16.9 Å². The first-order chi connectivity index (χ1) is 9.28. The fourth-order valence-corrected chi connectivity index (χ4v) is 2.45. The summed E-state index contributed by atoms with van der Waals surface area (Å²) in [6.45, 7) is 0.706. The van der Waals surface area contributed by atoms with Gasteiger partial charge in [0.25, 0.3) is 0 Å². The van der Waals surface area contributed by atoms with E-state index >= 15 is 0 Å². The van der Waals surface area contributed by atoms with Crippen molar-refractivity contribution in [1.29, 1.82) is 5.26 Å². The lowest BCUT2D eigenvalue weighted by molar-refractivity contribution is 0.837. The second-order valence-corrected chi connectivity index (χ2v) is 4.83. The lowest BCUT2D eigenvalue weighted by Crippen LogP contribution is -1.98. The fourth-order valence-electron chi connectivity index (χ4n) is 2.21. The second kappa shape index (κ2) is 4.79. The topological polar surface area (TPSA) is 28.7 Å². The molecule has 0 N–H and O–H groups in total.